The average molecular weight is 263 g/mol. The maximum atomic E-state index is 13.4. The van der Waals surface area contributed by atoms with E-state index in [1.807, 2.05) is 0 Å². The summed E-state index contributed by atoms with van der Waals surface area (Å²) >= 11 is 0. The van der Waals surface area contributed by atoms with E-state index >= 15 is 0 Å². The number of hydrogen-bond donors (Lipinski definition) is 1. The first-order chi connectivity index (χ1) is 7.65. The molecule has 1 heterocycles. The summed E-state index contributed by atoms with van der Waals surface area (Å²) < 4.78 is 26.3. The van der Waals surface area contributed by atoms with E-state index in [0.29, 0.717) is 12.1 Å². The molecule has 0 radical (unpaired) electrons. The van der Waals surface area contributed by atoms with E-state index in [1.165, 1.54) is 12.1 Å². The lowest BCUT2D eigenvalue weighted by Gasteiger charge is -2.30. The molecule has 0 saturated carbocycles. The van der Waals surface area contributed by atoms with Crippen LogP contribution in [0, 0.1) is 11.6 Å². The number of nitrogens with zero attached hydrogens (tertiary/aromatic N) is 1. The molecule has 1 fully saturated rings. The quantitative estimate of drug-likeness (QED) is 0.886. The Labute approximate surface area is 106 Å². The summed E-state index contributed by atoms with van der Waals surface area (Å²) in [6.07, 6.45) is 1.86. The molecular weight excluding hydrogens is 246 g/mol. The van der Waals surface area contributed by atoms with Gasteiger partial charge in [-0.3, -0.25) is 4.90 Å². The summed E-state index contributed by atoms with van der Waals surface area (Å²) in [7, 11) is 0. The van der Waals surface area contributed by atoms with Crippen molar-refractivity contribution in [1.29, 1.82) is 0 Å². The largest absolute Gasteiger partial charge is 0.328 e. The first kappa shape index (κ1) is 14.4. The lowest BCUT2D eigenvalue weighted by atomic mass is 10.1. The second kappa shape index (κ2) is 6.28. The molecule has 1 aliphatic rings. The number of hydrogen-bond acceptors (Lipinski definition) is 2. The highest BCUT2D eigenvalue weighted by atomic mass is 35.5. The molecule has 5 heteroatoms. The zero-order valence-corrected chi connectivity index (χ0v) is 10.4. The van der Waals surface area contributed by atoms with Crippen LogP contribution in [0.2, 0.25) is 0 Å². The van der Waals surface area contributed by atoms with Gasteiger partial charge in [0.2, 0.25) is 0 Å². The van der Waals surface area contributed by atoms with Crippen molar-refractivity contribution in [2.24, 2.45) is 5.73 Å². The van der Waals surface area contributed by atoms with E-state index in [2.05, 4.69) is 4.90 Å². The van der Waals surface area contributed by atoms with Crippen molar-refractivity contribution < 1.29 is 8.78 Å². The maximum Gasteiger partial charge on any atom is 0.127 e. The predicted molar refractivity (Wildman–Crippen MR) is 66.1 cm³/mol. The maximum absolute atomic E-state index is 13.4. The lowest BCUT2D eigenvalue weighted by molar-refractivity contribution is 0.203. The van der Waals surface area contributed by atoms with Crippen LogP contribution in [0.25, 0.3) is 0 Å². The van der Waals surface area contributed by atoms with E-state index in [-0.39, 0.29) is 30.1 Å². The Morgan fingerprint density at radius 2 is 1.88 bits per heavy atom. The summed E-state index contributed by atoms with van der Waals surface area (Å²) in [5, 5.41) is 0. The van der Waals surface area contributed by atoms with Crippen LogP contribution >= 0.6 is 12.4 Å². The van der Waals surface area contributed by atoms with Gasteiger partial charge in [0.15, 0.2) is 0 Å². The first-order valence-corrected chi connectivity index (χ1v) is 5.57. The van der Waals surface area contributed by atoms with Crippen LogP contribution in [-0.4, -0.2) is 24.0 Å². The van der Waals surface area contributed by atoms with Crippen LogP contribution in [0.4, 0.5) is 8.78 Å². The van der Waals surface area contributed by atoms with Gasteiger partial charge in [-0.25, -0.2) is 8.78 Å². The number of halogens is 3. The van der Waals surface area contributed by atoms with Gasteiger partial charge in [-0.05, 0) is 44.1 Å². The van der Waals surface area contributed by atoms with Gasteiger partial charge in [0.25, 0.3) is 0 Å². The standard InChI is InChI=1S/C12H16F2N2.ClH/c13-10-1-2-12(14)9(7-10)8-16-5-3-11(15)4-6-16;/h1-2,7,11H,3-6,8,15H2;1H. The fourth-order valence-corrected chi connectivity index (χ4v) is 2.02. The van der Waals surface area contributed by atoms with E-state index in [9.17, 15) is 8.78 Å². The third-order valence-electron chi connectivity index (χ3n) is 3.03. The number of nitrogens with two attached hydrogens (primary N) is 1. The number of rotatable bonds is 2. The molecule has 0 unspecified atom stereocenters. The second-order valence-electron chi connectivity index (χ2n) is 4.35. The van der Waals surface area contributed by atoms with Crippen molar-refractivity contribution in [3.63, 3.8) is 0 Å². The molecular formula is C12H17ClF2N2. The van der Waals surface area contributed by atoms with Crippen LogP contribution in [0.15, 0.2) is 18.2 Å². The van der Waals surface area contributed by atoms with E-state index in [1.54, 1.807) is 0 Å². The van der Waals surface area contributed by atoms with Crippen LogP contribution in [0.1, 0.15) is 18.4 Å². The molecule has 1 aromatic carbocycles. The summed E-state index contributed by atoms with van der Waals surface area (Å²) in [4.78, 5) is 2.11. The van der Waals surface area contributed by atoms with Gasteiger partial charge in [-0.15, -0.1) is 12.4 Å². The van der Waals surface area contributed by atoms with Crippen molar-refractivity contribution in [2.75, 3.05) is 13.1 Å². The topological polar surface area (TPSA) is 29.3 Å². The van der Waals surface area contributed by atoms with Crippen LogP contribution < -0.4 is 5.73 Å². The molecule has 2 N–H and O–H groups in total. The van der Waals surface area contributed by atoms with Gasteiger partial charge in [0, 0.05) is 18.2 Å². The minimum absolute atomic E-state index is 0. The highest BCUT2D eigenvalue weighted by Gasteiger charge is 2.17. The fourth-order valence-electron chi connectivity index (χ4n) is 2.02. The Morgan fingerprint density at radius 3 is 2.53 bits per heavy atom. The minimum atomic E-state index is -0.384. The molecule has 0 bridgehead atoms. The van der Waals surface area contributed by atoms with Crippen molar-refractivity contribution in [1.82, 2.24) is 4.90 Å². The normalized spacial score (nSPS) is 17.8. The third kappa shape index (κ3) is 3.91. The lowest BCUT2D eigenvalue weighted by Crippen LogP contribution is -2.39. The van der Waals surface area contributed by atoms with Crippen LogP contribution in [-0.2, 0) is 6.54 Å². The van der Waals surface area contributed by atoms with E-state index in [4.69, 9.17) is 5.73 Å². The Balaban J connectivity index is 0.00000144. The highest BCUT2D eigenvalue weighted by Crippen LogP contribution is 2.15. The highest BCUT2D eigenvalue weighted by molar-refractivity contribution is 5.85. The molecule has 1 saturated heterocycles. The molecule has 0 aromatic heterocycles. The zero-order valence-electron chi connectivity index (χ0n) is 9.53. The average Bonchev–Trinajstić information content (AvgIpc) is 2.27. The SMILES string of the molecule is Cl.NC1CCN(Cc2cc(F)ccc2F)CC1. The Kier molecular flexibility index (Phi) is 5.31. The number of likely N-dealkylation sites (tertiary alicyclic amines) is 1. The van der Waals surface area contributed by atoms with Crippen molar-refractivity contribution in [2.45, 2.75) is 25.4 Å². The zero-order chi connectivity index (χ0) is 11.5. The van der Waals surface area contributed by atoms with E-state index in [0.717, 1.165) is 32.0 Å². The molecule has 0 amide bonds. The van der Waals surface area contributed by atoms with Gasteiger partial charge in [-0.2, -0.15) is 0 Å². The fraction of sp³-hybridized carbons (Fsp3) is 0.500. The molecule has 1 aromatic rings. The molecule has 2 rings (SSSR count). The van der Waals surface area contributed by atoms with Crippen LogP contribution in [0.3, 0.4) is 0 Å². The van der Waals surface area contributed by atoms with Gasteiger partial charge < -0.3 is 5.73 Å². The molecule has 0 aliphatic carbocycles. The predicted octanol–water partition coefficient (Wildman–Crippen LogP) is 2.31. The van der Waals surface area contributed by atoms with Gasteiger partial charge >= 0.3 is 0 Å². The van der Waals surface area contributed by atoms with E-state index < -0.39 is 0 Å². The van der Waals surface area contributed by atoms with Gasteiger partial charge in [-0.1, -0.05) is 0 Å². The van der Waals surface area contributed by atoms with Crippen molar-refractivity contribution in [3.05, 3.63) is 35.4 Å². The molecule has 2 nitrogen and oxygen atoms in total. The monoisotopic (exact) mass is 262 g/mol. The molecule has 0 spiro atoms. The Morgan fingerprint density at radius 1 is 1.24 bits per heavy atom. The number of benzene rings is 1. The molecule has 1 aliphatic heterocycles. The summed E-state index contributed by atoms with van der Waals surface area (Å²) in [6, 6.07) is 3.85. The number of piperidine rings is 1. The third-order valence-corrected chi connectivity index (χ3v) is 3.03. The Hall–Kier alpha value is -0.710. The molecule has 0 atom stereocenters. The second-order valence-corrected chi connectivity index (χ2v) is 4.35. The smallest absolute Gasteiger partial charge is 0.127 e. The van der Waals surface area contributed by atoms with Gasteiger partial charge in [0.1, 0.15) is 11.6 Å². The Bertz CT molecular complexity index is 366. The van der Waals surface area contributed by atoms with Crippen molar-refractivity contribution >= 4 is 12.4 Å². The van der Waals surface area contributed by atoms with Crippen molar-refractivity contribution in [3.8, 4) is 0 Å². The first-order valence-electron chi connectivity index (χ1n) is 5.57. The summed E-state index contributed by atoms with van der Waals surface area (Å²) in [6.45, 7) is 2.19. The molecule has 96 valence electrons. The van der Waals surface area contributed by atoms with Gasteiger partial charge in [0.05, 0.1) is 0 Å². The molecule has 17 heavy (non-hydrogen) atoms. The van der Waals surface area contributed by atoms with Crippen LogP contribution in [0.5, 0.6) is 0 Å². The summed E-state index contributed by atoms with van der Waals surface area (Å²) in [5.74, 6) is -0.721. The summed E-state index contributed by atoms with van der Waals surface area (Å²) in [5.41, 5.74) is 6.21. The minimum Gasteiger partial charge on any atom is -0.328 e.